The molecule has 5 nitrogen and oxygen atoms in total. The highest BCUT2D eigenvalue weighted by molar-refractivity contribution is 5.98. The van der Waals surface area contributed by atoms with Gasteiger partial charge in [0.1, 0.15) is 6.04 Å². The summed E-state index contributed by atoms with van der Waals surface area (Å²) in [5, 5.41) is 3.03. The van der Waals surface area contributed by atoms with Gasteiger partial charge in [0.2, 0.25) is 11.8 Å². The van der Waals surface area contributed by atoms with E-state index in [0.717, 1.165) is 28.9 Å². The van der Waals surface area contributed by atoms with Crippen LogP contribution in [0.3, 0.4) is 0 Å². The molecule has 0 aliphatic carbocycles. The summed E-state index contributed by atoms with van der Waals surface area (Å²) in [6, 6.07) is 15.2. The van der Waals surface area contributed by atoms with Crippen LogP contribution in [0.15, 0.2) is 48.5 Å². The average Bonchev–Trinajstić information content (AvgIpc) is 3.04. The second-order valence-corrected chi connectivity index (χ2v) is 7.50. The van der Waals surface area contributed by atoms with Gasteiger partial charge in [-0.3, -0.25) is 14.5 Å². The molecule has 27 heavy (non-hydrogen) atoms. The Hall–Kier alpha value is -2.66. The summed E-state index contributed by atoms with van der Waals surface area (Å²) in [4.78, 5) is 29.0. The molecule has 1 atom stereocenters. The van der Waals surface area contributed by atoms with Crippen molar-refractivity contribution in [2.45, 2.75) is 26.3 Å². The summed E-state index contributed by atoms with van der Waals surface area (Å²) in [6.45, 7) is 4.54. The first-order valence-electron chi connectivity index (χ1n) is 9.35. The predicted molar refractivity (Wildman–Crippen MR) is 109 cm³/mol. The van der Waals surface area contributed by atoms with Gasteiger partial charge in [-0.25, -0.2) is 0 Å². The zero-order valence-electron chi connectivity index (χ0n) is 16.4. The molecule has 2 aromatic carbocycles. The zero-order chi connectivity index (χ0) is 19.6. The SMILES string of the molecule is CC(C)C(=O)N1CCc2cc(NC(=O)C(c3ccccc3)N(C)C)ccc21. The number of rotatable bonds is 5. The van der Waals surface area contributed by atoms with Crippen molar-refractivity contribution < 1.29 is 9.59 Å². The van der Waals surface area contributed by atoms with E-state index in [-0.39, 0.29) is 23.8 Å². The van der Waals surface area contributed by atoms with Gasteiger partial charge in [0.15, 0.2) is 0 Å². The van der Waals surface area contributed by atoms with Crippen molar-refractivity contribution in [2.75, 3.05) is 30.9 Å². The Morgan fingerprint density at radius 1 is 1.07 bits per heavy atom. The minimum Gasteiger partial charge on any atom is -0.324 e. The number of nitrogens with zero attached hydrogens (tertiary/aromatic N) is 2. The molecule has 1 N–H and O–H groups in total. The van der Waals surface area contributed by atoms with Crippen LogP contribution in [0.2, 0.25) is 0 Å². The van der Waals surface area contributed by atoms with Crippen LogP contribution in [-0.4, -0.2) is 37.4 Å². The molecule has 5 heteroatoms. The van der Waals surface area contributed by atoms with Crippen LogP contribution in [0.1, 0.15) is 31.0 Å². The summed E-state index contributed by atoms with van der Waals surface area (Å²) in [6.07, 6.45) is 0.813. The monoisotopic (exact) mass is 365 g/mol. The average molecular weight is 365 g/mol. The minimum absolute atomic E-state index is 0.0259. The van der Waals surface area contributed by atoms with Crippen LogP contribution in [-0.2, 0) is 16.0 Å². The van der Waals surface area contributed by atoms with Crippen LogP contribution in [0, 0.1) is 5.92 Å². The van der Waals surface area contributed by atoms with Crippen molar-refractivity contribution in [1.82, 2.24) is 4.90 Å². The Balaban J connectivity index is 1.78. The quantitative estimate of drug-likeness (QED) is 0.883. The van der Waals surface area contributed by atoms with E-state index >= 15 is 0 Å². The van der Waals surface area contributed by atoms with Gasteiger partial charge in [-0.2, -0.15) is 0 Å². The fourth-order valence-corrected chi connectivity index (χ4v) is 3.55. The molecule has 0 spiro atoms. The summed E-state index contributed by atoms with van der Waals surface area (Å²) in [5.74, 6) is 0.0450. The van der Waals surface area contributed by atoms with E-state index in [1.165, 1.54) is 0 Å². The Labute approximate surface area is 161 Å². The lowest BCUT2D eigenvalue weighted by Crippen LogP contribution is -2.32. The van der Waals surface area contributed by atoms with Gasteiger partial charge in [0.05, 0.1) is 0 Å². The smallest absolute Gasteiger partial charge is 0.246 e. The van der Waals surface area contributed by atoms with Crippen LogP contribution >= 0.6 is 0 Å². The van der Waals surface area contributed by atoms with Crippen molar-refractivity contribution in [1.29, 1.82) is 0 Å². The lowest BCUT2D eigenvalue weighted by molar-refractivity contribution is -0.121. The van der Waals surface area contributed by atoms with Crippen molar-refractivity contribution in [3.05, 3.63) is 59.7 Å². The van der Waals surface area contributed by atoms with Gasteiger partial charge >= 0.3 is 0 Å². The molecule has 0 aromatic heterocycles. The molecule has 1 aliphatic rings. The Kier molecular flexibility index (Phi) is 5.61. The van der Waals surface area contributed by atoms with Crippen LogP contribution in [0.25, 0.3) is 0 Å². The van der Waals surface area contributed by atoms with Gasteiger partial charge < -0.3 is 10.2 Å². The lowest BCUT2D eigenvalue weighted by atomic mass is 10.0. The van der Waals surface area contributed by atoms with Gasteiger partial charge in [0.25, 0.3) is 0 Å². The molecular weight excluding hydrogens is 338 g/mol. The Bertz CT molecular complexity index is 831. The van der Waals surface area contributed by atoms with E-state index in [0.29, 0.717) is 6.54 Å². The first kappa shape index (κ1) is 19.1. The highest BCUT2D eigenvalue weighted by Gasteiger charge is 2.27. The van der Waals surface area contributed by atoms with E-state index in [2.05, 4.69) is 5.32 Å². The number of anilines is 2. The maximum absolute atomic E-state index is 12.9. The molecule has 1 heterocycles. The third kappa shape index (κ3) is 4.03. The standard InChI is InChI=1S/C22H27N3O2/c1-15(2)22(27)25-13-12-17-14-18(10-11-19(17)25)23-21(26)20(24(3)4)16-8-6-5-7-9-16/h5-11,14-15,20H,12-13H2,1-4H3,(H,23,26). The number of hydrogen-bond donors (Lipinski definition) is 1. The number of fused-ring (bicyclic) bond motifs is 1. The third-order valence-corrected chi connectivity index (χ3v) is 4.88. The molecule has 1 unspecified atom stereocenters. The van der Waals surface area contributed by atoms with Crippen LogP contribution < -0.4 is 10.2 Å². The van der Waals surface area contributed by atoms with E-state index < -0.39 is 0 Å². The highest BCUT2D eigenvalue weighted by atomic mass is 16.2. The van der Waals surface area contributed by atoms with Gasteiger partial charge in [-0.15, -0.1) is 0 Å². The summed E-state index contributed by atoms with van der Waals surface area (Å²) >= 11 is 0. The predicted octanol–water partition coefficient (Wildman–Crippen LogP) is 3.47. The van der Waals surface area contributed by atoms with Crippen molar-refractivity contribution in [3.63, 3.8) is 0 Å². The Morgan fingerprint density at radius 3 is 2.41 bits per heavy atom. The molecule has 0 fully saturated rings. The first-order valence-corrected chi connectivity index (χ1v) is 9.35. The van der Waals surface area contributed by atoms with Crippen LogP contribution in [0.4, 0.5) is 11.4 Å². The topological polar surface area (TPSA) is 52.7 Å². The van der Waals surface area contributed by atoms with Gasteiger partial charge in [0, 0.05) is 23.8 Å². The molecule has 2 aromatic rings. The van der Waals surface area contributed by atoms with Crippen LogP contribution in [0.5, 0.6) is 0 Å². The number of nitrogens with one attached hydrogen (secondary N) is 1. The van der Waals surface area contributed by atoms with E-state index in [4.69, 9.17) is 0 Å². The number of likely N-dealkylation sites (N-methyl/N-ethyl adjacent to an activating group) is 1. The van der Waals surface area contributed by atoms with Crippen molar-refractivity contribution >= 4 is 23.2 Å². The molecule has 0 saturated heterocycles. The molecule has 0 radical (unpaired) electrons. The second-order valence-electron chi connectivity index (χ2n) is 7.50. The molecule has 142 valence electrons. The van der Waals surface area contributed by atoms with Crippen molar-refractivity contribution in [3.8, 4) is 0 Å². The molecule has 3 rings (SSSR count). The number of benzene rings is 2. The van der Waals surface area contributed by atoms with E-state index in [1.54, 1.807) is 0 Å². The number of hydrogen-bond acceptors (Lipinski definition) is 3. The zero-order valence-corrected chi connectivity index (χ0v) is 16.4. The minimum atomic E-state index is -0.363. The van der Waals surface area contributed by atoms with Crippen molar-refractivity contribution in [2.24, 2.45) is 5.92 Å². The number of carbonyl (C=O) groups is 2. The molecule has 0 saturated carbocycles. The largest absolute Gasteiger partial charge is 0.324 e. The summed E-state index contributed by atoms with van der Waals surface area (Å²) < 4.78 is 0. The summed E-state index contributed by atoms with van der Waals surface area (Å²) in [5.41, 5.74) is 3.78. The molecule has 0 bridgehead atoms. The van der Waals surface area contributed by atoms with Gasteiger partial charge in [-0.1, -0.05) is 44.2 Å². The fourth-order valence-electron chi connectivity index (χ4n) is 3.55. The maximum Gasteiger partial charge on any atom is 0.246 e. The van der Waals surface area contributed by atoms with E-state index in [9.17, 15) is 9.59 Å². The number of carbonyl (C=O) groups excluding carboxylic acids is 2. The fraction of sp³-hybridized carbons (Fsp3) is 0.364. The first-order chi connectivity index (χ1) is 12.9. The molecular formula is C22H27N3O2. The Morgan fingerprint density at radius 2 is 1.78 bits per heavy atom. The van der Waals surface area contributed by atoms with Gasteiger partial charge in [-0.05, 0) is 49.8 Å². The van der Waals surface area contributed by atoms with E-state index in [1.807, 2.05) is 86.3 Å². The maximum atomic E-state index is 12.9. The summed E-state index contributed by atoms with van der Waals surface area (Å²) in [7, 11) is 3.80. The number of amides is 2. The molecule has 1 aliphatic heterocycles. The normalized spacial score (nSPS) is 14.4. The lowest BCUT2D eigenvalue weighted by Gasteiger charge is -2.24. The third-order valence-electron chi connectivity index (χ3n) is 4.88. The highest BCUT2D eigenvalue weighted by Crippen LogP contribution is 2.32. The second kappa shape index (κ2) is 7.92. The molecule has 2 amide bonds.